The molecule has 0 bridgehead atoms. The van der Waals surface area contributed by atoms with Gasteiger partial charge in [-0.2, -0.15) is 0 Å². The van der Waals surface area contributed by atoms with E-state index in [1.165, 1.54) is 7.11 Å². The molecule has 0 spiro atoms. The lowest BCUT2D eigenvalue weighted by molar-refractivity contribution is -0.122. The second-order valence-corrected chi connectivity index (χ2v) is 7.51. The van der Waals surface area contributed by atoms with Gasteiger partial charge in [0.15, 0.2) is 0 Å². The molecule has 0 atom stereocenters. The number of amides is 2. The highest BCUT2D eigenvalue weighted by Crippen LogP contribution is 2.20. The number of carbonyl (C=O) groups is 2. The molecule has 160 valence electrons. The molecule has 0 unspecified atom stereocenters. The number of ether oxygens (including phenoxy) is 1. The number of nitrogens with one attached hydrogen (secondary N) is 1. The van der Waals surface area contributed by atoms with Crippen LogP contribution in [0.4, 0.5) is 5.69 Å². The molecule has 2 amide bonds. The molecule has 0 aliphatic carbocycles. The van der Waals surface area contributed by atoms with Crippen LogP contribution >= 0.6 is 0 Å². The lowest BCUT2D eigenvalue weighted by atomic mass is 10.1. The Morgan fingerprint density at radius 1 is 0.871 bits per heavy atom. The van der Waals surface area contributed by atoms with Crippen LogP contribution in [0.2, 0.25) is 0 Å². The number of nitrogens with zero attached hydrogens (tertiary/aromatic N) is 1. The predicted molar refractivity (Wildman–Crippen MR) is 123 cm³/mol. The van der Waals surface area contributed by atoms with E-state index >= 15 is 0 Å². The summed E-state index contributed by atoms with van der Waals surface area (Å²) in [4.78, 5) is 26.6. The van der Waals surface area contributed by atoms with Crippen molar-refractivity contribution in [3.63, 3.8) is 0 Å². The molecule has 0 aromatic heterocycles. The van der Waals surface area contributed by atoms with Gasteiger partial charge >= 0.3 is 0 Å². The minimum absolute atomic E-state index is 0.00938. The molecule has 1 N–H and O–H groups in total. The molecule has 0 aliphatic rings. The maximum Gasteiger partial charge on any atom is 0.253 e. The fraction of sp³-hybridized carbons (Fsp3) is 0.231. The number of rotatable bonds is 9. The van der Waals surface area contributed by atoms with E-state index in [-0.39, 0.29) is 24.8 Å². The summed E-state index contributed by atoms with van der Waals surface area (Å²) < 4.78 is 5.06. The molecule has 5 nitrogen and oxygen atoms in total. The van der Waals surface area contributed by atoms with Crippen LogP contribution in [-0.2, 0) is 33.8 Å². The topological polar surface area (TPSA) is 58.6 Å². The zero-order valence-electron chi connectivity index (χ0n) is 18.0. The molecule has 3 aromatic rings. The number of carbonyl (C=O) groups excluding carboxylic acids is 2. The number of aryl methyl sites for hydroxylation is 1. The molecule has 31 heavy (non-hydrogen) atoms. The molecular formula is C26H28N2O3. The van der Waals surface area contributed by atoms with Crippen molar-refractivity contribution in [2.45, 2.75) is 26.4 Å². The largest absolute Gasteiger partial charge is 0.375 e. The smallest absolute Gasteiger partial charge is 0.253 e. The third kappa shape index (κ3) is 6.79. The summed E-state index contributed by atoms with van der Waals surface area (Å²) in [5.74, 6) is -0.152. The third-order valence-corrected chi connectivity index (χ3v) is 4.94. The first-order valence-corrected chi connectivity index (χ1v) is 10.3. The highest BCUT2D eigenvalue weighted by molar-refractivity contribution is 5.94. The number of hydrogen-bond donors (Lipinski definition) is 1. The summed E-state index contributed by atoms with van der Waals surface area (Å²) in [6.07, 6.45) is 0.289. The van der Waals surface area contributed by atoms with Crippen LogP contribution in [0.25, 0.3) is 0 Å². The molecular weight excluding hydrogens is 388 g/mol. The standard InChI is InChI=1S/C26H28N2O3/c1-20-7-6-10-23(15-20)18-28(26(30)19-31-2)24-13-11-21(12-14-24)16-25(29)27-17-22-8-4-3-5-9-22/h3-15H,16-19H2,1-2H3,(H,27,29). The quantitative estimate of drug-likeness (QED) is 0.573. The Hall–Kier alpha value is -3.44. The monoisotopic (exact) mass is 416 g/mol. The second kappa shape index (κ2) is 11.1. The van der Waals surface area contributed by atoms with Gasteiger partial charge in [0.25, 0.3) is 5.91 Å². The van der Waals surface area contributed by atoms with E-state index in [0.29, 0.717) is 13.1 Å². The van der Waals surface area contributed by atoms with Crippen LogP contribution in [0.1, 0.15) is 22.3 Å². The third-order valence-electron chi connectivity index (χ3n) is 4.94. The van der Waals surface area contributed by atoms with Crippen LogP contribution in [0.3, 0.4) is 0 Å². The average molecular weight is 417 g/mol. The van der Waals surface area contributed by atoms with E-state index in [9.17, 15) is 9.59 Å². The first-order valence-electron chi connectivity index (χ1n) is 10.3. The van der Waals surface area contributed by atoms with Crippen molar-refractivity contribution in [2.75, 3.05) is 18.6 Å². The van der Waals surface area contributed by atoms with Crippen molar-refractivity contribution in [1.29, 1.82) is 0 Å². The fourth-order valence-electron chi connectivity index (χ4n) is 3.36. The summed E-state index contributed by atoms with van der Waals surface area (Å²) in [5, 5.41) is 2.94. The van der Waals surface area contributed by atoms with Gasteiger partial charge in [-0.15, -0.1) is 0 Å². The highest BCUT2D eigenvalue weighted by atomic mass is 16.5. The van der Waals surface area contributed by atoms with E-state index in [0.717, 1.165) is 27.9 Å². The normalized spacial score (nSPS) is 10.5. The maximum atomic E-state index is 12.7. The summed E-state index contributed by atoms with van der Waals surface area (Å²) >= 11 is 0. The molecule has 3 rings (SSSR count). The van der Waals surface area contributed by atoms with E-state index in [2.05, 4.69) is 11.4 Å². The minimum Gasteiger partial charge on any atom is -0.375 e. The zero-order chi connectivity index (χ0) is 22.1. The maximum absolute atomic E-state index is 12.7. The van der Waals surface area contributed by atoms with Crippen molar-refractivity contribution < 1.29 is 14.3 Å². The first-order chi connectivity index (χ1) is 15.0. The van der Waals surface area contributed by atoms with E-state index in [1.54, 1.807) is 4.90 Å². The van der Waals surface area contributed by atoms with Gasteiger partial charge in [0.2, 0.25) is 5.91 Å². The summed E-state index contributed by atoms with van der Waals surface area (Å²) in [7, 11) is 1.51. The molecule has 5 heteroatoms. The van der Waals surface area contributed by atoms with Gasteiger partial charge in [0, 0.05) is 19.3 Å². The van der Waals surface area contributed by atoms with Gasteiger partial charge in [-0.05, 0) is 35.7 Å². The number of hydrogen-bond acceptors (Lipinski definition) is 3. The Morgan fingerprint density at radius 2 is 1.58 bits per heavy atom. The van der Waals surface area contributed by atoms with Crippen molar-refractivity contribution in [3.8, 4) is 0 Å². The van der Waals surface area contributed by atoms with Crippen molar-refractivity contribution >= 4 is 17.5 Å². The van der Waals surface area contributed by atoms with Gasteiger partial charge in [0.1, 0.15) is 6.61 Å². The summed E-state index contributed by atoms with van der Waals surface area (Å²) in [6.45, 7) is 3.01. The van der Waals surface area contributed by atoms with Crippen LogP contribution in [0, 0.1) is 6.92 Å². The Bertz CT molecular complexity index is 1000. The number of anilines is 1. The van der Waals surface area contributed by atoms with Crippen LogP contribution in [-0.4, -0.2) is 25.5 Å². The van der Waals surface area contributed by atoms with E-state index in [1.807, 2.05) is 79.7 Å². The van der Waals surface area contributed by atoms with Crippen molar-refractivity contribution in [2.24, 2.45) is 0 Å². The molecule has 0 heterocycles. The molecule has 0 saturated heterocycles. The Balaban J connectivity index is 1.65. The van der Waals surface area contributed by atoms with Crippen molar-refractivity contribution in [3.05, 3.63) is 101 Å². The number of methoxy groups -OCH3 is 1. The van der Waals surface area contributed by atoms with Gasteiger partial charge in [0.05, 0.1) is 13.0 Å². The predicted octanol–water partition coefficient (Wildman–Crippen LogP) is 4.03. The van der Waals surface area contributed by atoms with Gasteiger partial charge in [-0.3, -0.25) is 9.59 Å². The Morgan fingerprint density at radius 3 is 2.26 bits per heavy atom. The Kier molecular flexibility index (Phi) is 7.96. The van der Waals surface area contributed by atoms with Gasteiger partial charge in [-0.25, -0.2) is 0 Å². The summed E-state index contributed by atoms with van der Waals surface area (Å²) in [6, 6.07) is 25.4. The second-order valence-electron chi connectivity index (χ2n) is 7.51. The highest BCUT2D eigenvalue weighted by Gasteiger charge is 2.16. The minimum atomic E-state index is -0.114. The SMILES string of the molecule is COCC(=O)N(Cc1cccc(C)c1)c1ccc(CC(=O)NCc2ccccc2)cc1. The van der Waals surface area contributed by atoms with Crippen LogP contribution < -0.4 is 10.2 Å². The van der Waals surface area contributed by atoms with E-state index in [4.69, 9.17) is 4.74 Å². The molecule has 0 radical (unpaired) electrons. The molecule has 3 aromatic carbocycles. The van der Waals surface area contributed by atoms with Crippen LogP contribution in [0.5, 0.6) is 0 Å². The van der Waals surface area contributed by atoms with Crippen LogP contribution in [0.15, 0.2) is 78.9 Å². The number of benzene rings is 3. The molecule has 0 aliphatic heterocycles. The first kappa shape index (κ1) is 22.2. The lowest BCUT2D eigenvalue weighted by Gasteiger charge is -2.23. The molecule has 0 fully saturated rings. The molecule has 0 saturated carbocycles. The lowest BCUT2D eigenvalue weighted by Crippen LogP contribution is -2.33. The van der Waals surface area contributed by atoms with Crippen molar-refractivity contribution in [1.82, 2.24) is 5.32 Å². The van der Waals surface area contributed by atoms with Gasteiger partial charge in [-0.1, -0.05) is 72.3 Å². The summed E-state index contributed by atoms with van der Waals surface area (Å²) in [5.41, 5.74) is 4.93. The van der Waals surface area contributed by atoms with E-state index < -0.39 is 0 Å². The average Bonchev–Trinajstić information content (AvgIpc) is 2.78. The Labute approximate surface area is 183 Å². The zero-order valence-corrected chi connectivity index (χ0v) is 18.0. The fourth-order valence-corrected chi connectivity index (χ4v) is 3.36. The van der Waals surface area contributed by atoms with Gasteiger partial charge < -0.3 is 15.0 Å².